The van der Waals surface area contributed by atoms with Crippen molar-refractivity contribution < 1.29 is 4.79 Å². The highest BCUT2D eigenvalue weighted by Gasteiger charge is 2.23. The topological polar surface area (TPSA) is 73.4 Å². The molecule has 0 saturated carbocycles. The lowest BCUT2D eigenvalue weighted by molar-refractivity contribution is 0.0954. The molecule has 1 aliphatic heterocycles. The molecular weight excluding hydrogens is 544 g/mol. The molecule has 7 heteroatoms. The predicted octanol–water partition coefficient (Wildman–Crippen LogP) is 6.90. The number of pyridine rings is 2. The quantitative estimate of drug-likeness (QED) is 0.174. The van der Waals surface area contributed by atoms with Crippen LogP contribution in [0.25, 0.3) is 21.8 Å². The summed E-state index contributed by atoms with van der Waals surface area (Å²) in [5, 5.41) is 9.23. The van der Waals surface area contributed by atoms with Crippen LogP contribution in [-0.4, -0.2) is 67.1 Å². The Kier molecular flexibility index (Phi) is 9.91. The molecule has 0 unspecified atom stereocenters. The van der Waals surface area contributed by atoms with Gasteiger partial charge in [0, 0.05) is 67.0 Å². The number of hydrogen-bond donors (Lipinski definition) is 2. The number of carbonyl (C=O) groups excluding carboxylic acids is 1. The number of amides is 1. The van der Waals surface area contributed by atoms with Gasteiger partial charge in [-0.05, 0) is 70.2 Å². The van der Waals surface area contributed by atoms with Crippen molar-refractivity contribution in [1.82, 2.24) is 20.2 Å². The second-order valence-corrected chi connectivity index (χ2v) is 12.7. The molecule has 7 nitrogen and oxygen atoms in total. The number of para-hydroxylation sites is 2. The molecule has 1 fully saturated rings. The maximum Gasteiger partial charge on any atom is 0.252 e. The summed E-state index contributed by atoms with van der Waals surface area (Å²) in [6.07, 6.45) is 11.7. The van der Waals surface area contributed by atoms with Crippen molar-refractivity contribution in [3.05, 3.63) is 70.9 Å². The summed E-state index contributed by atoms with van der Waals surface area (Å²) in [6, 6.07) is 16.6. The third-order valence-corrected chi connectivity index (χ3v) is 9.50. The van der Waals surface area contributed by atoms with Crippen LogP contribution in [0.5, 0.6) is 0 Å². The second kappa shape index (κ2) is 14.4. The molecule has 2 N–H and O–H groups in total. The van der Waals surface area contributed by atoms with Crippen molar-refractivity contribution in [2.75, 3.05) is 56.5 Å². The number of nitrogens with zero attached hydrogens (tertiary/aromatic N) is 4. The number of aryl methyl sites for hydroxylation is 1. The highest BCUT2D eigenvalue weighted by molar-refractivity contribution is 6.08. The average molecular weight is 593 g/mol. The van der Waals surface area contributed by atoms with Gasteiger partial charge in [0.15, 0.2) is 0 Å². The number of hydrogen-bond acceptors (Lipinski definition) is 6. The first-order valence-corrected chi connectivity index (χ1v) is 16.9. The molecule has 3 heterocycles. The predicted molar refractivity (Wildman–Crippen MR) is 183 cm³/mol. The van der Waals surface area contributed by atoms with Gasteiger partial charge >= 0.3 is 0 Å². The van der Waals surface area contributed by atoms with E-state index in [1.54, 1.807) is 0 Å². The molecule has 1 amide bonds. The molecule has 0 radical (unpaired) electrons. The first kappa shape index (κ1) is 30.3. The molecule has 0 bridgehead atoms. The van der Waals surface area contributed by atoms with Gasteiger partial charge in [0.1, 0.15) is 5.82 Å². The fourth-order valence-corrected chi connectivity index (χ4v) is 6.95. The number of aromatic nitrogens is 2. The van der Waals surface area contributed by atoms with Crippen LogP contribution < -0.4 is 15.5 Å². The van der Waals surface area contributed by atoms with Crippen molar-refractivity contribution >= 4 is 39.2 Å². The zero-order valence-corrected chi connectivity index (χ0v) is 26.6. The van der Waals surface area contributed by atoms with Gasteiger partial charge in [-0.15, -0.1) is 0 Å². The maximum absolute atomic E-state index is 13.5. The molecule has 44 heavy (non-hydrogen) atoms. The summed E-state index contributed by atoms with van der Waals surface area (Å²) in [4.78, 5) is 28.1. The lowest BCUT2D eigenvalue weighted by Gasteiger charge is -2.34. The Labute approximate surface area is 262 Å². The molecule has 232 valence electrons. The molecule has 4 aromatic rings. The number of piperazine rings is 1. The number of unbranched alkanes of at least 4 members (excludes halogenated alkanes) is 5. The van der Waals surface area contributed by atoms with Gasteiger partial charge in [0.2, 0.25) is 0 Å². The second-order valence-electron chi connectivity index (χ2n) is 12.7. The Morgan fingerprint density at radius 1 is 0.773 bits per heavy atom. The van der Waals surface area contributed by atoms with Gasteiger partial charge in [-0.1, -0.05) is 62.1 Å². The Morgan fingerprint density at radius 3 is 2.18 bits per heavy atom. The Morgan fingerprint density at radius 2 is 1.41 bits per heavy atom. The van der Waals surface area contributed by atoms with Crippen LogP contribution in [0.4, 0.5) is 11.5 Å². The number of rotatable bonds is 12. The van der Waals surface area contributed by atoms with Crippen molar-refractivity contribution in [1.29, 1.82) is 0 Å². The highest BCUT2D eigenvalue weighted by atomic mass is 16.1. The molecule has 2 aromatic carbocycles. The fraction of sp³-hybridized carbons (Fsp3) is 0.486. The van der Waals surface area contributed by atoms with Gasteiger partial charge in [-0.25, -0.2) is 4.98 Å². The van der Waals surface area contributed by atoms with Crippen LogP contribution in [0.3, 0.4) is 0 Å². The van der Waals surface area contributed by atoms with Gasteiger partial charge < -0.3 is 20.4 Å². The van der Waals surface area contributed by atoms with Crippen molar-refractivity contribution in [2.45, 2.75) is 71.1 Å². The largest absolute Gasteiger partial charge is 0.384 e. The summed E-state index contributed by atoms with van der Waals surface area (Å²) in [6.45, 7) is 7.66. The minimum absolute atomic E-state index is 0.0216. The standard InChI is InChI=1S/C37H48N6O/c1-27-34(28-15-7-10-18-31(28)41-36(27)43-25-23-42(2)24-26-43)37(44)39-22-14-6-4-3-5-13-21-38-35-29-16-8-11-19-32(29)40-33-20-12-9-17-30(33)35/h7-8,10-11,15-16,18-19H,3-6,9,12-14,17,20-26H2,1-2H3,(H,38,40)(H,39,44). The third kappa shape index (κ3) is 6.83. The van der Waals surface area contributed by atoms with Crippen LogP contribution in [-0.2, 0) is 12.8 Å². The average Bonchev–Trinajstić information content (AvgIpc) is 3.05. The van der Waals surface area contributed by atoms with E-state index in [0.717, 1.165) is 91.8 Å². The molecule has 1 aliphatic carbocycles. The van der Waals surface area contributed by atoms with Gasteiger partial charge in [-0.3, -0.25) is 9.78 Å². The maximum atomic E-state index is 13.5. The lowest BCUT2D eigenvalue weighted by Crippen LogP contribution is -2.45. The molecular formula is C37H48N6O. The van der Waals surface area contributed by atoms with Gasteiger partial charge in [-0.2, -0.15) is 0 Å². The van der Waals surface area contributed by atoms with Gasteiger partial charge in [0.25, 0.3) is 5.91 Å². The van der Waals surface area contributed by atoms with E-state index in [2.05, 4.69) is 58.7 Å². The summed E-state index contributed by atoms with van der Waals surface area (Å²) in [5.41, 5.74) is 7.85. The Hall–Kier alpha value is -3.71. The zero-order valence-electron chi connectivity index (χ0n) is 26.6. The first-order valence-electron chi connectivity index (χ1n) is 16.9. The smallest absolute Gasteiger partial charge is 0.252 e. The molecule has 6 rings (SSSR count). The van der Waals surface area contributed by atoms with E-state index in [9.17, 15) is 4.79 Å². The van der Waals surface area contributed by atoms with E-state index >= 15 is 0 Å². The Balaban J connectivity index is 0.948. The minimum atomic E-state index is 0.0216. The van der Waals surface area contributed by atoms with Crippen molar-refractivity contribution in [3.8, 4) is 0 Å². The van der Waals surface area contributed by atoms with E-state index in [1.165, 1.54) is 60.9 Å². The fourth-order valence-electron chi connectivity index (χ4n) is 6.95. The van der Waals surface area contributed by atoms with Crippen LogP contribution in [0.2, 0.25) is 0 Å². The van der Waals surface area contributed by atoms with Crippen molar-refractivity contribution in [3.63, 3.8) is 0 Å². The van der Waals surface area contributed by atoms with Crippen LogP contribution >= 0.6 is 0 Å². The van der Waals surface area contributed by atoms with Crippen molar-refractivity contribution in [2.24, 2.45) is 0 Å². The van der Waals surface area contributed by atoms with E-state index in [0.29, 0.717) is 6.54 Å². The van der Waals surface area contributed by atoms with Crippen LogP contribution in [0.1, 0.15) is 78.5 Å². The van der Waals surface area contributed by atoms with E-state index in [-0.39, 0.29) is 5.91 Å². The minimum Gasteiger partial charge on any atom is -0.384 e. The molecule has 2 aromatic heterocycles. The number of carbonyl (C=O) groups is 1. The third-order valence-electron chi connectivity index (χ3n) is 9.50. The molecule has 1 saturated heterocycles. The van der Waals surface area contributed by atoms with Gasteiger partial charge in [0.05, 0.1) is 16.6 Å². The molecule has 2 aliphatic rings. The number of likely N-dealkylation sites (N-methyl/N-ethyl adjacent to an activating group) is 1. The number of fused-ring (bicyclic) bond motifs is 3. The normalized spacial score (nSPS) is 15.5. The summed E-state index contributed by atoms with van der Waals surface area (Å²) >= 11 is 0. The SMILES string of the molecule is Cc1c(N2CCN(C)CC2)nc2ccccc2c1C(=O)NCCCCCCCCNc1c2c(nc3ccccc13)CCCC2. The summed E-state index contributed by atoms with van der Waals surface area (Å²) in [7, 11) is 2.16. The summed E-state index contributed by atoms with van der Waals surface area (Å²) < 4.78 is 0. The van der Waals surface area contributed by atoms with Crippen LogP contribution in [0.15, 0.2) is 48.5 Å². The highest BCUT2D eigenvalue weighted by Crippen LogP contribution is 2.33. The lowest BCUT2D eigenvalue weighted by atomic mass is 9.92. The summed E-state index contributed by atoms with van der Waals surface area (Å²) in [5.74, 6) is 0.974. The Bertz CT molecular complexity index is 1590. The zero-order chi connectivity index (χ0) is 30.3. The number of anilines is 2. The number of nitrogens with one attached hydrogen (secondary N) is 2. The first-order chi connectivity index (χ1) is 21.6. The molecule has 0 spiro atoms. The molecule has 0 atom stereocenters. The monoisotopic (exact) mass is 592 g/mol. The van der Waals surface area contributed by atoms with E-state index in [4.69, 9.17) is 9.97 Å². The van der Waals surface area contributed by atoms with Crippen LogP contribution in [0, 0.1) is 6.92 Å². The number of benzene rings is 2. The van der Waals surface area contributed by atoms with E-state index in [1.807, 2.05) is 24.3 Å². The van der Waals surface area contributed by atoms with E-state index < -0.39 is 0 Å².